The summed E-state index contributed by atoms with van der Waals surface area (Å²) in [5.74, 6) is 1.60. The highest BCUT2D eigenvalue weighted by molar-refractivity contribution is 5.58. The van der Waals surface area contributed by atoms with E-state index in [1.54, 1.807) is 23.4 Å². The Morgan fingerprint density at radius 1 is 1.19 bits per heavy atom. The summed E-state index contributed by atoms with van der Waals surface area (Å²) < 4.78 is 6.88. The first-order valence-electron chi connectivity index (χ1n) is 6.49. The predicted molar refractivity (Wildman–Crippen MR) is 78.0 cm³/mol. The molecule has 3 rings (SSSR count). The van der Waals surface area contributed by atoms with Gasteiger partial charge in [-0.2, -0.15) is 4.98 Å². The third-order valence-electron chi connectivity index (χ3n) is 2.79. The highest BCUT2D eigenvalue weighted by Crippen LogP contribution is 2.17. The molecule has 0 aliphatic rings. The fourth-order valence-electron chi connectivity index (χ4n) is 1.80. The fraction of sp³-hybridized carbons (Fsp3) is 0.143. The molecule has 0 bridgehead atoms. The van der Waals surface area contributed by atoms with Crippen molar-refractivity contribution >= 4 is 5.69 Å². The van der Waals surface area contributed by atoms with E-state index in [0.717, 1.165) is 5.56 Å². The molecule has 0 radical (unpaired) electrons. The molecule has 106 valence electrons. The van der Waals surface area contributed by atoms with Crippen LogP contribution < -0.4 is 10.5 Å². The van der Waals surface area contributed by atoms with Crippen LogP contribution in [0.2, 0.25) is 0 Å². The highest BCUT2D eigenvalue weighted by atomic mass is 16.5. The molecule has 2 aromatic heterocycles. The van der Waals surface area contributed by atoms with Gasteiger partial charge >= 0.3 is 0 Å². The minimum atomic E-state index is 0.458. The molecule has 21 heavy (non-hydrogen) atoms. The minimum Gasteiger partial charge on any atom is -0.477 e. The summed E-state index contributed by atoms with van der Waals surface area (Å²) in [4.78, 5) is 12.7. The zero-order chi connectivity index (χ0) is 14.7. The number of nitrogens with two attached hydrogens (primary N) is 1. The zero-order valence-electron chi connectivity index (χ0n) is 11.5. The van der Waals surface area contributed by atoms with Gasteiger partial charge in [-0.1, -0.05) is 0 Å². The Morgan fingerprint density at radius 2 is 2.00 bits per heavy atom. The normalized spacial score (nSPS) is 10.5. The SMILES string of the molecule is CCOc1cncc(-n2cnc(-c3ccc(N)cc3)n2)n1. The number of nitrogens with zero attached hydrogens (tertiary/aromatic N) is 5. The second-order valence-corrected chi connectivity index (χ2v) is 4.28. The first-order chi connectivity index (χ1) is 10.3. The summed E-state index contributed by atoms with van der Waals surface area (Å²) in [5, 5.41) is 4.39. The molecule has 0 saturated carbocycles. The van der Waals surface area contributed by atoms with E-state index >= 15 is 0 Å². The Bertz CT molecular complexity index is 737. The van der Waals surface area contributed by atoms with Gasteiger partial charge < -0.3 is 10.5 Å². The van der Waals surface area contributed by atoms with Crippen LogP contribution in [0.3, 0.4) is 0 Å². The number of anilines is 1. The van der Waals surface area contributed by atoms with Crippen molar-refractivity contribution in [3.05, 3.63) is 43.0 Å². The molecule has 0 unspecified atom stereocenters. The lowest BCUT2D eigenvalue weighted by Gasteiger charge is -2.03. The van der Waals surface area contributed by atoms with Crippen LogP contribution in [-0.2, 0) is 0 Å². The summed E-state index contributed by atoms with van der Waals surface area (Å²) in [7, 11) is 0. The van der Waals surface area contributed by atoms with Crippen molar-refractivity contribution in [1.29, 1.82) is 0 Å². The summed E-state index contributed by atoms with van der Waals surface area (Å²) in [5.41, 5.74) is 7.26. The van der Waals surface area contributed by atoms with Crippen molar-refractivity contribution in [2.24, 2.45) is 0 Å². The van der Waals surface area contributed by atoms with Crippen molar-refractivity contribution in [2.75, 3.05) is 12.3 Å². The largest absolute Gasteiger partial charge is 0.477 e. The molecule has 7 heteroatoms. The van der Waals surface area contributed by atoms with Crippen LogP contribution in [-0.4, -0.2) is 31.3 Å². The van der Waals surface area contributed by atoms with Gasteiger partial charge in [0.25, 0.3) is 0 Å². The number of aromatic nitrogens is 5. The van der Waals surface area contributed by atoms with E-state index < -0.39 is 0 Å². The maximum atomic E-state index is 5.67. The van der Waals surface area contributed by atoms with Crippen LogP contribution in [0.1, 0.15) is 6.92 Å². The van der Waals surface area contributed by atoms with E-state index in [4.69, 9.17) is 10.5 Å². The Hall–Kier alpha value is -2.96. The van der Waals surface area contributed by atoms with Crippen molar-refractivity contribution < 1.29 is 4.74 Å². The third-order valence-corrected chi connectivity index (χ3v) is 2.79. The molecule has 0 aliphatic carbocycles. The topological polar surface area (TPSA) is 91.7 Å². The van der Waals surface area contributed by atoms with Gasteiger partial charge in [0.15, 0.2) is 11.6 Å². The van der Waals surface area contributed by atoms with Crippen molar-refractivity contribution in [3.8, 4) is 23.1 Å². The van der Waals surface area contributed by atoms with Crippen LogP contribution in [0.25, 0.3) is 17.2 Å². The highest BCUT2D eigenvalue weighted by Gasteiger charge is 2.07. The van der Waals surface area contributed by atoms with Gasteiger partial charge in [0.1, 0.15) is 6.33 Å². The van der Waals surface area contributed by atoms with Crippen LogP contribution in [0, 0.1) is 0 Å². The minimum absolute atomic E-state index is 0.458. The molecule has 1 aromatic carbocycles. The molecule has 0 spiro atoms. The van der Waals surface area contributed by atoms with Gasteiger partial charge in [-0.3, -0.25) is 4.98 Å². The summed E-state index contributed by atoms with van der Waals surface area (Å²) in [6, 6.07) is 7.37. The number of nitrogen functional groups attached to an aromatic ring is 1. The number of hydrogen-bond donors (Lipinski definition) is 1. The molecule has 0 fully saturated rings. The number of benzene rings is 1. The predicted octanol–water partition coefficient (Wildman–Crippen LogP) is 1.71. The van der Waals surface area contributed by atoms with Gasteiger partial charge in [0, 0.05) is 11.3 Å². The van der Waals surface area contributed by atoms with Crippen LogP contribution in [0.15, 0.2) is 43.0 Å². The molecule has 0 saturated heterocycles. The van der Waals surface area contributed by atoms with Crippen molar-refractivity contribution in [1.82, 2.24) is 24.7 Å². The lowest BCUT2D eigenvalue weighted by molar-refractivity contribution is 0.324. The smallest absolute Gasteiger partial charge is 0.234 e. The van der Waals surface area contributed by atoms with Crippen molar-refractivity contribution in [2.45, 2.75) is 6.92 Å². The maximum absolute atomic E-state index is 5.67. The van der Waals surface area contributed by atoms with Crippen LogP contribution in [0.4, 0.5) is 5.69 Å². The molecular weight excluding hydrogens is 268 g/mol. The Labute approximate surface area is 121 Å². The first-order valence-corrected chi connectivity index (χ1v) is 6.49. The lowest BCUT2D eigenvalue weighted by atomic mass is 10.2. The van der Waals surface area contributed by atoms with E-state index in [1.807, 2.05) is 31.2 Å². The second-order valence-electron chi connectivity index (χ2n) is 4.28. The molecular formula is C14H14N6O. The molecule has 0 aliphatic heterocycles. The average molecular weight is 282 g/mol. The van der Waals surface area contributed by atoms with Gasteiger partial charge in [-0.25, -0.2) is 9.67 Å². The third kappa shape index (κ3) is 2.81. The first kappa shape index (κ1) is 13.0. The van der Waals surface area contributed by atoms with Crippen LogP contribution >= 0.6 is 0 Å². The van der Waals surface area contributed by atoms with E-state index in [-0.39, 0.29) is 0 Å². The van der Waals surface area contributed by atoms with Crippen molar-refractivity contribution in [3.63, 3.8) is 0 Å². The van der Waals surface area contributed by atoms with Gasteiger partial charge in [0.05, 0.1) is 19.0 Å². The molecule has 2 N–H and O–H groups in total. The Morgan fingerprint density at radius 3 is 2.76 bits per heavy atom. The van der Waals surface area contributed by atoms with Gasteiger partial charge in [0.2, 0.25) is 5.88 Å². The Kier molecular flexibility index (Phi) is 3.46. The van der Waals surface area contributed by atoms with Gasteiger partial charge in [-0.15, -0.1) is 5.10 Å². The number of rotatable bonds is 4. The summed E-state index contributed by atoms with van der Waals surface area (Å²) >= 11 is 0. The lowest BCUT2D eigenvalue weighted by Crippen LogP contribution is -2.02. The van der Waals surface area contributed by atoms with E-state index in [1.165, 1.54) is 0 Å². The second kappa shape index (κ2) is 5.58. The molecule has 0 amide bonds. The van der Waals surface area contributed by atoms with E-state index in [0.29, 0.717) is 29.8 Å². The fourth-order valence-corrected chi connectivity index (χ4v) is 1.80. The zero-order valence-corrected chi connectivity index (χ0v) is 11.5. The summed E-state index contributed by atoms with van der Waals surface area (Å²) in [6.07, 6.45) is 4.75. The van der Waals surface area contributed by atoms with E-state index in [2.05, 4.69) is 20.1 Å². The van der Waals surface area contributed by atoms with Gasteiger partial charge in [-0.05, 0) is 31.2 Å². The monoisotopic (exact) mass is 282 g/mol. The standard InChI is InChI=1S/C14H14N6O/c1-2-21-13-8-16-7-12(18-13)20-9-17-14(19-20)10-3-5-11(15)6-4-10/h3-9H,2,15H2,1H3. The quantitative estimate of drug-likeness (QED) is 0.732. The summed E-state index contributed by atoms with van der Waals surface area (Å²) in [6.45, 7) is 2.43. The number of ether oxygens (including phenoxy) is 1. The average Bonchev–Trinajstić information content (AvgIpc) is 2.98. The molecule has 2 heterocycles. The molecule has 3 aromatic rings. The van der Waals surface area contributed by atoms with Crippen LogP contribution in [0.5, 0.6) is 5.88 Å². The molecule has 0 atom stereocenters. The maximum Gasteiger partial charge on any atom is 0.234 e. The van der Waals surface area contributed by atoms with E-state index in [9.17, 15) is 0 Å². The molecule has 7 nitrogen and oxygen atoms in total. The Balaban J connectivity index is 1.91. The number of hydrogen-bond acceptors (Lipinski definition) is 6.